The normalized spacial score (nSPS) is 9.78. The van der Waals surface area contributed by atoms with Crippen molar-refractivity contribution in [3.05, 3.63) is 82.6 Å². The predicted octanol–water partition coefficient (Wildman–Crippen LogP) is 4.62. The van der Waals surface area contributed by atoms with Crippen molar-refractivity contribution in [1.82, 2.24) is 0 Å². The van der Waals surface area contributed by atoms with Crippen molar-refractivity contribution in [2.45, 2.75) is 0 Å². The van der Waals surface area contributed by atoms with E-state index >= 15 is 0 Å². The molecule has 0 N–H and O–H groups in total. The van der Waals surface area contributed by atoms with Crippen LogP contribution in [0.1, 0.15) is 0 Å². The van der Waals surface area contributed by atoms with E-state index < -0.39 is 0 Å². The summed E-state index contributed by atoms with van der Waals surface area (Å²) in [5, 5.41) is 30.8. The average Bonchev–Trinajstić information content (AvgIpc) is 2.68. The van der Waals surface area contributed by atoms with Gasteiger partial charge in [0.1, 0.15) is 11.4 Å². The monoisotopic (exact) mass is 408 g/mol. The molecule has 0 aliphatic heterocycles. The summed E-state index contributed by atoms with van der Waals surface area (Å²) in [5.74, 6) is -0.651. The van der Waals surface area contributed by atoms with Crippen molar-refractivity contribution in [3.8, 4) is 11.5 Å². The maximum Gasteiger partial charge on any atom is 2.00 e. The molecule has 0 heterocycles. The van der Waals surface area contributed by atoms with Crippen LogP contribution in [0.2, 0.25) is 0 Å². The third-order valence-corrected chi connectivity index (χ3v) is 3.91. The number of hydrogen-bond acceptors (Lipinski definition) is 6. The molecule has 27 heavy (non-hydrogen) atoms. The second-order valence-corrected chi connectivity index (χ2v) is 5.45. The molecular formula is C20H12N2O4Zn. The van der Waals surface area contributed by atoms with Gasteiger partial charge in [0.25, 0.3) is 0 Å². The van der Waals surface area contributed by atoms with Crippen molar-refractivity contribution in [2.75, 3.05) is 0 Å². The SMILES string of the molecule is O=Nc1c([O-])ccc2ccccc12.O=Nc1c([O-])ccc2ccccc12.[Zn+2]. The van der Waals surface area contributed by atoms with Crippen LogP contribution in [0.3, 0.4) is 0 Å². The van der Waals surface area contributed by atoms with Crippen LogP contribution >= 0.6 is 0 Å². The van der Waals surface area contributed by atoms with Crippen LogP contribution in [0.25, 0.3) is 21.5 Å². The van der Waals surface area contributed by atoms with E-state index in [0.717, 1.165) is 10.8 Å². The van der Waals surface area contributed by atoms with E-state index in [4.69, 9.17) is 0 Å². The summed E-state index contributed by atoms with van der Waals surface area (Å²) in [4.78, 5) is 20.8. The molecule has 0 aliphatic carbocycles. The first-order chi connectivity index (χ1) is 12.7. The number of rotatable bonds is 2. The van der Waals surface area contributed by atoms with Crippen LogP contribution in [0.15, 0.2) is 83.2 Å². The van der Waals surface area contributed by atoms with Gasteiger partial charge >= 0.3 is 19.5 Å². The number of benzene rings is 4. The maximum atomic E-state index is 11.2. The minimum absolute atomic E-state index is 0. The van der Waals surface area contributed by atoms with Gasteiger partial charge in [-0.2, -0.15) is 0 Å². The Bertz CT molecular complexity index is 1030. The van der Waals surface area contributed by atoms with Gasteiger partial charge in [-0.05, 0) is 21.1 Å². The average molecular weight is 410 g/mol. The van der Waals surface area contributed by atoms with Crippen LogP contribution in [0.4, 0.5) is 11.4 Å². The van der Waals surface area contributed by atoms with E-state index in [-0.39, 0.29) is 42.4 Å². The van der Waals surface area contributed by atoms with E-state index in [9.17, 15) is 20.0 Å². The Labute approximate surface area is 167 Å². The molecule has 6 nitrogen and oxygen atoms in total. The van der Waals surface area contributed by atoms with Crippen LogP contribution in [-0.2, 0) is 19.5 Å². The van der Waals surface area contributed by atoms with E-state index in [0.29, 0.717) is 10.8 Å². The Morgan fingerprint density at radius 2 is 0.926 bits per heavy atom. The quantitative estimate of drug-likeness (QED) is 0.355. The minimum Gasteiger partial charge on any atom is -0.871 e. The van der Waals surface area contributed by atoms with Crippen molar-refractivity contribution in [3.63, 3.8) is 0 Å². The van der Waals surface area contributed by atoms with Crippen LogP contribution in [-0.4, -0.2) is 0 Å². The second kappa shape index (κ2) is 8.96. The summed E-state index contributed by atoms with van der Waals surface area (Å²) in [6.45, 7) is 0. The molecule has 0 saturated heterocycles. The Morgan fingerprint density at radius 3 is 1.30 bits per heavy atom. The van der Waals surface area contributed by atoms with Gasteiger partial charge in [0, 0.05) is 10.8 Å². The maximum absolute atomic E-state index is 11.2. The van der Waals surface area contributed by atoms with Gasteiger partial charge in [0.2, 0.25) is 0 Å². The molecule has 0 fully saturated rings. The third-order valence-electron chi connectivity index (χ3n) is 3.91. The molecule has 0 aliphatic rings. The van der Waals surface area contributed by atoms with Gasteiger partial charge in [-0.3, -0.25) is 0 Å². The van der Waals surface area contributed by atoms with E-state index in [1.807, 2.05) is 24.3 Å². The van der Waals surface area contributed by atoms with E-state index in [1.165, 1.54) is 12.1 Å². The van der Waals surface area contributed by atoms with Crippen LogP contribution < -0.4 is 10.2 Å². The third kappa shape index (κ3) is 4.15. The minimum atomic E-state index is -0.325. The van der Waals surface area contributed by atoms with Gasteiger partial charge in [-0.1, -0.05) is 84.3 Å². The molecule has 4 rings (SSSR count). The van der Waals surface area contributed by atoms with Gasteiger partial charge in [-0.15, -0.1) is 9.81 Å². The summed E-state index contributed by atoms with van der Waals surface area (Å²) in [6, 6.07) is 20.4. The Kier molecular flexibility index (Phi) is 6.69. The van der Waals surface area contributed by atoms with Crippen LogP contribution in [0.5, 0.6) is 11.5 Å². The summed E-state index contributed by atoms with van der Waals surface area (Å²) in [6.07, 6.45) is 0. The van der Waals surface area contributed by atoms with Crippen molar-refractivity contribution >= 4 is 32.9 Å². The Morgan fingerprint density at radius 1 is 0.556 bits per heavy atom. The largest absolute Gasteiger partial charge is 2.00 e. The molecule has 0 spiro atoms. The Balaban J connectivity index is 0.000000187. The van der Waals surface area contributed by atoms with Crippen LogP contribution in [0, 0.1) is 9.81 Å². The van der Waals surface area contributed by atoms with Crippen molar-refractivity contribution < 1.29 is 29.7 Å². The zero-order valence-corrected chi connectivity index (χ0v) is 17.1. The first-order valence-electron chi connectivity index (χ1n) is 7.70. The standard InChI is InChI=1S/2C10H7NO2.Zn/c2*12-9-6-5-7-3-1-2-4-8(7)10(9)11-13;/h2*1-6,12H;/q;;+2/p-2. The van der Waals surface area contributed by atoms with Gasteiger partial charge in [-0.25, -0.2) is 0 Å². The molecule has 0 aromatic heterocycles. The van der Waals surface area contributed by atoms with E-state index in [2.05, 4.69) is 10.4 Å². The molecule has 0 atom stereocenters. The van der Waals surface area contributed by atoms with E-state index in [1.54, 1.807) is 36.4 Å². The predicted molar refractivity (Wildman–Crippen MR) is 97.7 cm³/mol. The molecule has 0 radical (unpaired) electrons. The molecule has 0 saturated carbocycles. The van der Waals surface area contributed by atoms with Gasteiger partial charge < -0.3 is 10.2 Å². The smallest absolute Gasteiger partial charge is 0.871 e. The van der Waals surface area contributed by atoms with Crippen molar-refractivity contribution in [2.24, 2.45) is 10.4 Å². The topological polar surface area (TPSA) is 105 Å². The van der Waals surface area contributed by atoms with Crippen molar-refractivity contribution in [1.29, 1.82) is 0 Å². The first-order valence-corrected chi connectivity index (χ1v) is 7.70. The van der Waals surface area contributed by atoms with Gasteiger partial charge in [0.05, 0.1) is 0 Å². The summed E-state index contributed by atoms with van der Waals surface area (Å²) < 4.78 is 0. The zero-order valence-electron chi connectivity index (χ0n) is 14.2. The fraction of sp³-hybridized carbons (Fsp3) is 0. The fourth-order valence-electron chi connectivity index (χ4n) is 2.66. The molecule has 0 amide bonds. The fourth-order valence-corrected chi connectivity index (χ4v) is 2.66. The number of nitrogens with zero attached hydrogens (tertiary/aromatic N) is 2. The molecule has 7 heteroatoms. The molecule has 4 aromatic rings. The Hall–Kier alpha value is -3.18. The second-order valence-electron chi connectivity index (χ2n) is 5.45. The molecular weight excluding hydrogens is 398 g/mol. The number of fused-ring (bicyclic) bond motifs is 2. The molecule has 0 unspecified atom stereocenters. The number of hydrogen-bond donors (Lipinski definition) is 0. The number of nitroso groups, excluding NO2 is 2. The summed E-state index contributed by atoms with van der Waals surface area (Å²) in [5.41, 5.74) is -0.00352. The molecule has 4 aromatic carbocycles. The molecule has 0 bridgehead atoms. The van der Waals surface area contributed by atoms with Gasteiger partial charge in [0.15, 0.2) is 0 Å². The molecule has 128 valence electrons. The first kappa shape index (κ1) is 20.1. The zero-order chi connectivity index (χ0) is 18.5. The summed E-state index contributed by atoms with van der Waals surface area (Å²) >= 11 is 0. The summed E-state index contributed by atoms with van der Waals surface area (Å²) in [7, 11) is 0.